The Labute approximate surface area is 116 Å². The smallest absolute Gasteiger partial charge is 0.219 e. The van der Waals surface area contributed by atoms with Gasteiger partial charge in [-0.1, -0.05) is 0 Å². The average Bonchev–Trinajstić information content (AvgIpc) is 2.90. The summed E-state index contributed by atoms with van der Waals surface area (Å²) in [5, 5.41) is 0. The summed E-state index contributed by atoms with van der Waals surface area (Å²) >= 11 is 0. The molecule has 5 nitrogen and oxygen atoms in total. The summed E-state index contributed by atoms with van der Waals surface area (Å²) in [4.78, 5) is 16.0. The van der Waals surface area contributed by atoms with Gasteiger partial charge in [0.2, 0.25) is 5.91 Å². The minimum atomic E-state index is -0.241. The Balaban J connectivity index is 1.72. The summed E-state index contributed by atoms with van der Waals surface area (Å²) in [7, 11) is 0. The molecule has 2 aliphatic rings. The SMILES string of the molecule is NCC(CC(N)=O)N1CCC(CN2CCCC2)CC1. The van der Waals surface area contributed by atoms with Crippen LogP contribution in [-0.2, 0) is 4.79 Å². The van der Waals surface area contributed by atoms with E-state index in [0.29, 0.717) is 13.0 Å². The summed E-state index contributed by atoms with van der Waals surface area (Å²) in [6, 6.07) is 0.144. The van der Waals surface area contributed by atoms with Crippen molar-refractivity contribution in [2.75, 3.05) is 39.3 Å². The number of carbonyl (C=O) groups excluding carboxylic acids is 1. The molecule has 2 aliphatic heterocycles. The van der Waals surface area contributed by atoms with Crippen LogP contribution in [0, 0.1) is 5.92 Å². The summed E-state index contributed by atoms with van der Waals surface area (Å²) in [6.07, 6.45) is 5.59. The predicted molar refractivity (Wildman–Crippen MR) is 76.6 cm³/mol. The molecule has 4 N–H and O–H groups in total. The molecular formula is C14H28N4O. The normalized spacial score (nSPS) is 24.7. The Kier molecular flexibility index (Phi) is 5.60. The number of rotatable bonds is 6. The molecule has 1 unspecified atom stereocenters. The average molecular weight is 268 g/mol. The van der Waals surface area contributed by atoms with Crippen molar-refractivity contribution in [3.05, 3.63) is 0 Å². The van der Waals surface area contributed by atoms with E-state index in [0.717, 1.165) is 19.0 Å². The van der Waals surface area contributed by atoms with Crippen LogP contribution in [0.5, 0.6) is 0 Å². The molecule has 0 radical (unpaired) electrons. The van der Waals surface area contributed by atoms with Gasteiger partial charge in [0.25, 0.3) is 0 Å². The first-order chi connectivity index (χ1) is 9.19. The minimum Gasteiger partial charge on any atom is -0.370 e. The second-order valence-corrected chi connectivity index (χ2v) is 6.05. The zero-order valence-electron chi connectivity index (χ0n) is 11.9. The van der Waals surface area contributed by atoms with Crippen LogP contribution in [0.15, 0.2) is 0 Å². The van der Waals surface area contributed by atoms with Gasteiger partial charge in [-0.05, 0) is 57.8 Å². The van der Waals surface area contributed by atoms with Crippen molar-refractivity contribution in [3.8, 4) is 0 Å². The zero-order chi connectivity index (χ0) is 13.7. The van der Waals surface area contributed by atoms with Crippen molar-refractivity contribution < 1.29 is 4.79 Å². The quantitative estimate of drug-likeness (QED) is 0.711. The van der Waals surface area contributed by atoms with Gasteiger partial charge in [-0.2, -0.15) is 0 Å². The van der Waals surface area contributed by atoms with E-state index in [4.69, 9.17) is 11.5 Å². The van der Waals surface area contributed by atoms with Crippen molar-refractivity contribution >= 4 is 5.91 Å². The fraction of sp³-hybridized carbons (Fsp3) is 0.929. The zero-order valence-corrected chi connectivity index (χ0v) is 11.9. The first-order valence-corrected chi connectivity index (χ1v) is 7.64. The Morgan fingerprint density at radius 1 is 1.16 bits per heavy atom. The second-order valence-electron chi connectivity index (χ2n) is 6.05. The monoisotopic (exact) mass is 268 g/mol. The number of primary amides is 1. The molecule has 0 spiro atoms. The molecule has 110 valence electrons. The molecule has 1 amide bonds. The standard InChI is InChI=1S/C14H28N4O/c15-10-13(9-14(16)19)18-7-3-12(4-8-18)11-17-5-1-2-6-17/h12-13H,1-11,15H2,(H2,16,19). The summed E-state index contributed by atoms with van der Waals surface area (Å²) in [5.41, 5.74) is 11.0. The molecule has 0 bridgehead atoms. The Morgan fingerprint density at radius 2 is 1.79 bits per heavy atom. The largest absolute Gasteiger partial charge is 0.370 e. The van der Waals surface area contributed by atoms with Crippen LogP contribution in [0.25, 0.3) is 0 Å². The fourth-order valence-corrected chi connectivity index (χ4v) is 3.42. The lowest BCUT2D eigenvalue weighted by Gasteiger charge is -2.37. The molecule has 2 saturated heterocycles. The molecular weight excluding hydrogens is 240 g/mol. The van der Waals surface area contributed by atoms with Crippen molar-refractivity contribution in [3.63, 3.8) is 0 Å². The Bertz CT molecular complexity index is 283. The van der Waals surface area contributed by atoms with Gasteiger partial charge in [-0.15, -0.1) is 0 Å². The highest BCUT2D eigenvalue weighted by molar-refractivity contribution is 5.74. The van der Waals surface area contributed by atoms with Crippen molar-refractivity contribution in [1.82, 2.24) is 9.80 Å². The van der Waals surface area contributed by atoms with Crippen molar-refractivity contribution in [2.45, 2.75) is 38.1 Å². The van der Waals surface area contributed by atoms with Gasteiger partial charge in [-0.3, -0.25) is 9.69 Å². The van der Waals surface area contributed by atoms with E-state index >= 15 is 0 Å². The highest BCUT2D eigenvalue weighted by Crippen LogP contribution is 2.22. The molecule has 2 fully saturated rings. The van der Waals surface area contributed by atoms with E-state index in [9.17, 15) is 4.79 Å². The number of hydrogen-bond donors (Lipinski definition) is 2. The van der Waals surface area contributed by atoms with Gasteiger partial charge < -0.3 is 16.4 Å². The van der Waals surface area contributed by atoms with Crippen LogP contribution in [0.4, 0.5) is 0 Å². The van der Waals surface area contributed by atoms with Crippen LogP contribution >= 0.6 is 0 Å². The third-order valence-electron chi connectivity index (χ3n) is 4.59. The van der Waals surface area contributed by atoms with E-state index in [-0.39, 0.29) is 11.9 Å². The van der Waals surface area contributed by atoms with Gasteiger partial charge in [-0.25, -0.2) is 0 Å². The molecule has 0 aromatic carbocycles. The Morgan fingerprint density at radius 3 is 2.32 bits per heavy atom. The molecule has 5 heteroatoms. The Hall–Kier alpha value is -0.650. The molecule has 0 aromatic rings. The minimum absolute atomic E-state index is 0.144. The van der Waals surface area contributed by atoms with E-state index < -0.39 is 0 Å². The van der Waals surface area contributed by atoms with Crippen LogP contribution in [0.2, 0.25) is 0 Å². The maximum absolute atomic E-state index is 11.0. The van der Waals surface area contributed by atoms with Crippen molar-refractivity contribution in [1.29, 1.82) is 0 Å². The second kappa shape index (κ2) is 7.22. The predicted octanol–water partition coefficient (Wildman–Crippen LogP) is -0.00310. The van der Waals surface area contributed by atoms with Gasteiger partial charge in [0.15, 0.2) is 0 Å². The number of likely N-dealkylation sites (tertiary alicyclic amines) is 2. The molecule has 0 saturated carbocycles. The number of carbonyl (C=O) groups is 1. The van der Waals surface area contributed by atoms with Crippen LogP contribution in [0.3, 0.4) is 0 Å². The highest BCUT2D eigenvalue weighted by atomic mass is 16.1. The van der Waals surface area contributed by atoms with Crippen molar-refractivity contribution in [2.24, 2.45) is 17.4 Å². The van der Waals surface area contributed by atoms with Gasteiger partial charge in [0, 0.05) is 25.6 Å². The third kappa shape index (κ3) is 4.44. The number of nitrogens with two attached hydrogens (primary N) is 2. The summed E-state index contributed by atoms with van der Waals surface area (Å²) in [6.45, 7) is 6.48. The molecule has 19 heavy (non-hydrogen) atoms. The summed E-state index contributed by atoms with van der Waals surface area (Å²) in [5.74, 6) is 0.580. The molecule has 0 aromatic heterocycles. The third-order valence-corrected chi connectivity index (χ3v) is 4.59. The number of hydrogen-bond acceptors (Lipinski definition) is 4. The molecule has 0 aliphatic carbocycles. The first-order valence-electron chi connectivity index (χ1n) is 7.64. The summed E-state index contributed by atoms with van der Waals surface area (Å²) < 4.78 is 0. The molecule has 1 atom stereocenters. The van der Waals surface area contributed by atoms with E-state index in [1.165, 1.54) is 45.3 Å². The number of amides is 1. The maximum atomic E-state index is 11.0. The number of nitrogens with zero attached hydrogens (tertiary/aromatic N) is 2. The van der Waals surface area contributed by atoms with Gasteiger partial charge in [0.1, 0.15) is 0 Å². The van der Waals surface area contributed by atoms with Crippen LogP contribution in [0.1, 0.15) is 32.1 Å². The van der Waals surface area contributed by atoms with Gasteiger partial charge in [0.05, 0.1) is 0 Å². The first kappa shape index (κ1) is 14.8. The van der Waals surface area contributed by atoms with Crippen LogP contribution < -0.4 is 11.5 Å². The van der Waals surface area contributed by atoms with E-state index in [1.54, 1.807) is 0 Å². The highest BCUT2D eigenvalue weighted by Gasteiger charge is 2.26. The molecule has 2 rings (SSSR count). The maximum Gasteiger partial charge on any atom is 0.219 e. The molecule has 2 heterocycles. The fourth-order valence-electron chi connectivity index (χ4n) is 3.42. The lowest BCUT2D eigenvalue weighted by atomic mass is 9.94. The topological polar surface area (TPSA) is 75.6 Å². The van der Waals surface area contributed by atoms with Crippen LogP contribution in [-0.4, -0.2) is 61.0 Å². The van der Waals surface area contributed by atoms with Gasteiger partial charge >= 0.3 is 0 Å². The van der Waals surface area contributed by atoms with E-state index in [2.05, 4.69) is 9.80 Å². The number of piperidine rings is 1. The lowest BCUT2D eigenvalue weighted by molar-refractivity contribution is -0.119. The lowest BCUT2D eigenvalue weighted by Crippen LogP contribution is -2.48. The van der Waals surface area contributed by atoms with E-state index in [1.807, 2.05) is 0 Å².